The first-order valence-electron chi connectivity index (χ1n) is 6.34. The third-order valence-corrected chi connectivity index (χ3v) is 3.24. The van der Waals surface area contributed by atoms with Gasteiger partial charge in [-0.05, 0) is 24.8 Å². The maximum absolute atomic E-state index is 10.9. The molecule has 106 valence electrons. The Morgan fingerprint density at radius 3 is 2.68 bits per heavy atom. The topological polar surface area (TPSA) is 64.4 Å². The van der Waals surface area contributed by atoms with Crippen LogP contribution in [0.5, 0.6) is 0 Å². The Morgan fingerprint density at radius 2 is 2.11 bits per heavy atom. The van der Waals surface area contributed by atoms with Crippen LogP contribution in [0.1, 0.15) is 25.8 Å². The van der Waals surface area contributed by atoms with Gasteiger partial charge < -0.3 is 10.1 Å². The van der Waals surface area contributed by atoms with Crippen molar-refractivity contribution in [1.29, 1.82) is 0 Å². The SMILES string of the molecule is COCCC(C)(C)CNc1cccc([N+](=O)[O-])c1C. The minimum absolute atomic E-state index is 0.0765. The summed E-state index contributed by atoms with van der Waals surface area (Å²) in [4.78, 5) is 10.5. The van der Waals surface area contributed by atoms with Gasteiger partial charge in [0, 0.05) is 37.6 Å². The third-order valence-electron chi connectivity index (χ3n) is 3.24. The molecule has 0 fully saturated rings. The van der Waals surface area contributed by atoms with Crippen LogP contribution in [0.4, 0.5) is 11.4 Å². The van der Waals surface area contributed by atoms with Crippen LogP contribution >= 0.6 is 0 Å². The Morgan fingerprint density at radius 1 is 1.42 bits per heavy atom. The summed E-state index contributed by atoms with van der Waals surface area (Å²) < 4.78 is 5.09. The molecular formula is C14H22N2O3. The molecule has 0 atom stereocenters. The first kappa shape index (κ1) is 15.4. The number of benzene rings is 1. The second-order valence-corrected chi connectivity index (χ2v) is 5.47. The number of ether oxygens (including phenoxy) is 1. The van der Waals surface area contributed by atoms with Crippen LogP contribution in [-0.4, -0.2) is 25.2 Å². The summed E-state index contributed by atoms with van der Waals surface area (Å²) in [7, 11) is 1.69. The summed E-state index contributed by atoms with van der Waals surface area (Å²) >= 11 is 0. The molecule has 5 nitrogen and oxygen atoms in total. The van der Waals surface area contributed by atoms with Crippen LogP contribution in [0.2, 0.25) is 0 Å². The number of anilines is 1. The molecule has 0 saturated heterocycles. The molecule has 1 aromatic carbocycles. The van der Waals surface area contributed by atoms with Crippen molar-refractivity contribution in [3.05, 3.63) is 33.9 Å². The van der Waals surface area contributed by atoms with Crippen LogP contribution in [0, 0.1) is 22.5 Å². The fourth-order valence-corrected chi connectivity index (χ4v) is 1.81. The van der Waals surface area contributed by atoms with Gasteiger partial charge in [0.1, 0.15) is 0 Å². The normalized spacial score (nSPS) is 11.4. The van der Waals surface area contributed by atoms with E-state index in [1.165, 1.54) is 6.07 Å². The summed E-state index contributed by atoms with van der Waals surface area (Å²) in [6.07, 6.45) is 0.935. The van der Waals surface area contributed by atoms with Gasteiger partial charge in [-0.15, -0.1) is 0 Å². The lowest BCUT2D eigenvalue weighted by Crippen LogP contribution is -2.25. The average molecular weight is 266 g/mol. The zero-order chi connectivity index (χ0) is 14.5. The fourth-order valence-electron chi connectivity index (χ4n) is 1.81. The first-order valence-corrected chi connectivity index (χ1v) is 6.34. The Bertz CT molecular complexity index is 444. The largest absolute Gasteiger partial charge is 0.385 e. The van der Waals surface area contributed by atoms with Crippen molar-refractivity contribution in [2.75, 3.05) is 25.6 Å². The van der Waals surface area contributed by atoms with Crippen LogP contribution in [-0.2, 0) is 4.74 Å². The predicted octanol–water partition coefficient (Wildman–Crippen LogP) is 3.38. The van der Waals surface area contributed by atoms with E-state index in [2.05, 4.69) is 19.2 Å². The smallest absolute Gasteiger partial charge is 0.274 e. The zero-order valence-electron chi connectivity index (χ0n) is 12.0. The first-order chi connectivity index (χ1) is 8.87. The molecule has 1 aromatic rings. The minimum Gasteiger partial charge on any atom is -0.385 e. The van der Waals surface area contributed by atoms with Crippen molar-refractivity contribution in [3.8, 4) is 0 Å². The van der Waals surface area contributed by atoms with Crippen molar-refractivity contribution < 1.29 is 9.66 Å². The monoisotopic (exact) mass is 266 g/mol. The second kappa shape index (κ2) is 6.52. The third kappa shape index (κ3) is 4.52. The van der Waals surface area contributed by atoms with Gasteiger partial charge in [-0.3, -0.25) is 10.1 Å². The molecule has 0 saturated carbocycles. The maximum Gasteiger partial charge on any atom is 0.274 e. The van der Waals surface area contributed by atoms with Gasteiger partial charge in [0.2, 0.25) is 0 Å². The van der Waals surface area contributed by atoms with E-state index in [0.29, 0.717) is 12.2 Å². The highest BCUT2D eigenvalue weighted by molar-refractivity contribution is 5.59. The van der Waals surface area contributed by atoms with E-state index in [1.807, 2.05) is 6.07 Å². The molecule has 1 N–H and O–H groups in total. The van der Waals surface area contributed by atoms with Crippen LogP contribution in [0.15, 0.2) is 18.2 Å². The molecule has 0 heterocycles. The Labute approximate surface area is 114 Å². The molecule has 0 aliphatic carbocycles. The number of hydrogen-bond acceptors (Lipinski definition) is 4. The number of methoxy groups -OCH3 is 1. The molecule has 0 amide bonds. The van der Waals surface area contributed by atoms with E-state index >= 15 is 0 Å². The van der Waals surface area contributed by atoms with Crippen LogP contribution in [0.25, 0.3) is 0 Å². The van der Waals surface area contributed by atoms with Gasteiger partial charge in [-0.1, -0.05) is 19.9 Å². The molecule has 0 spiro atoms. The number of nitrogens with one attached hydrogen (secondary N) is 1. The van der Waals surface area contributed by atoms with E-state index < -0.39 is 0 Å². The molecule has 1 rings (SSSR count). The van der Waals surface area contributed by atoms with Gasteiger partial charge in [0.05, 0.1) is 4.92 Å². The standard InChI is InChI=1S/C14H22N2O3/c1-11-12(6-5-7-13(11)16(17)18)15-10-14(2,3)8-9-19-4/h5-7,15H,8-10H2,1-4H3. The van der Waals surface area contributed by atoms with E-state index in [4.69, 9.17) is 4.74 Å². The molecule has 0 unspecified atom stereocenters. The van der Waals surface area contributed by atoms with Crippen LogP contribution in [0.3, 0.4) is 0 Å². The lowest BCUT2D eigenvalue weighted by atomic mass is 9.89. The summed E-state index contributed by atoms with van der Waals surface area (Å²) in [6.45, 7) is 7.51. The van der Waals surface area contributed by atoms with Crippen molar-refractivity contribution in [2.45, 2.75) is 27.2 Å². The summed E-state index contributed by atoms with van der Waals surface area (Å²) in [5.74, 6) is 0. The van der Waals surface area contributed by atoms with Crippen molar-refractivity contribution >= 4 is 11.4 Å². The van der Waals surface area contributed by atoms with E-state index in [0.717, 1.165) is 18.7 Å². The molecule has 0 aliphatic rings. The quantitative estimate of drug-likeness (QED) is 0.607. The van der Waals surface area contributed by atoms with E-state index in [9.17, 15) is 10.1 Å². The zero-order valence-corrected chi connectivity index (χ0v) is 12.0. The van der Waals surface area contributed by atoms with E-state index in [1.54, 1.807) is 20.1 Å². The molecule has 0 bridgehead atoms. The molecule has 0 aliphatic heterocycles. The van der Waals surface area contributed by atoms with Crippen molar-refractivity contribution in [1.82, 2.24) is 0 Å². The van der Waals surface area contributed by atoms with Gasteiger partial charge in [0.25, 0.3) is 5.69 Å². The average Bonchev–Trinajstić information content (AvgIpc) is 2.35. The fraction of sp³-hybridized carbons (Fsp3) is 0.571. The second-order valence-electron chi connectivity index (χ2n) is 5.47. The summed E-state index contributed by atoms with van der Waals surface area (Å²) in [5, 5.41) is 14.2. The highest BCUT2D eigenvalue weighted by Gasteiger charge is 2.19. The summed E-state index contributed by atoms with van der Waals surface area (Å²) in [5.41, 5.74) is 1.72. The van der Waals surface area contributed by atoms with Gasteiger partial charge >= 0.3 is 0 Å². The molecule has 19 heavy (non-hydrogen) atoms. The Kier molecular flexibility index (Phi) is 5.30. The lowest BCUT2D eigenvalue weighted by Gasteiger charge is -2.25. The number of nitro groups is 1. The molecule has 0 radical (unpaired) electrons. The predicted molar refractivity (Wildman–Crippen MR) is 76.6 cm³/mol. The Balaban J connectivity index is 2.73. The number of nitro benzene ring substituents is 1. The van der Waals surface area contributed by atoms with Crippen molar-refractivity contribution in [3.63, 3.8) is 0 Å². The molecule has 5 heteroatoms. The van der Waals surface area contributed by atoms with E-state index in [-0.39, 0.29) is 16.0 Å². The minimum atomic E-state index is -0.351. The van der Waals surface area contributed by atoms with Gasteiger partial charge in [-0.25, -0.2) is 0 Å². The number of hydrogen-bond donors (Lipinski definition) is 1. The highest BCUT2D eigenvalue weighted by Crippen LogP contribution is 2.27. The number of rotatable bonds is 7. The summed E-state index contributed by atoms with van der Waals surface area (Å²) in [6, 6.07) is 5.10. The van der Waals surface area contributed by atoms with Gasteiger partial charge in [0.15, 0.2) is 0 Å². The lowest BCUT2D eigenvalue weighted by molar-refractivity contribution is -0.385. The molecule has 0 aromatic heterocycles. The number of nitrogens with zero attached hydrogens (tertiary/aromatic N) is 1. The Hall–Kier alpha value is -1.62. The molecular weight excluding hydrogens is 244 g/mol. The highest BCUT2D eigenvalue weighted by atomic mass is 16.6. The maximum atomic E-state index is 10.9. The van der Waals surface area contributed by atoms with Gasteiger partial charge in [-0.2, -0.15) is 0 Å². The van der Waals surface area contributed by atoms with Crippen LogP contribution < -0.4 is 5.32 Å². The van der Waals surface area contributed by atoms with Crippen molar-refractivity contribution in [2.24, 2.45) is 5.41 Å².